The normalized spacial score (nSPS) is 11.3. The number of nitrogens with zero attached hydrogens (tertiary/aromatic N) is 4. The number of hydrogen-bond acceptors (Lipinski definition) is 4. The topological polar surface area (TPSA) is 78.4 Å². The number of para-hydroxylation sites is 1. The van der Waals surface area contributed by atoms with Gasteiger partial charge in [-0.1, -0.05) is 54.6 Å². The van der Waals surface area contributed by atoms with Gasteiger partial charge in [0.15, 0.2) is 5.78 Å². The zero-order chi connectivity index (χ0) is 22.2. The molecular weight excluding hydrogens is 411 g/mol. The smallest absolute Gasteiger partial charge is 0.292 e. The molecule has 0 aliphatic carbocycles. The summed E-state index contributed by atoms with van der Waals surface area (Å²) < 4.78 is 17.1. The number of rotatable bonds is 5. The van der Waals surface area contributed by atoms with Gasteiger partial charge in [-0.25, -0.2) is 18.3 Å². The first-order valence-electron chi connectivity index (χ1n) is 9.97. The summed E-state index contributed by atoms with van der Waals surface area (Å²) in [6, 6.07) is 21.1. The van der Waals surface area contributed by atoms with Crippen molar-refractivity contribution < 1.29 is 9.18 Å². The van der Waals surface area contributed by atoms with Crippen LogP contribution in [0.15, 0.2) is 88.5 Å². The van der Waals surface area contributed by atoms with Crippen molar-refractivity contribution >= 4 is 22.5 Å². The maximum absolute atomic E-state index is 13.3. The van der Waals surface area contributed by atoms with Crippen LogP contribution in [0.5, 0.6) is 0 Å². The first kappa shape index (κ1) is 19.6. The minimum absolute atomic E-state index is 0.0938. The van der Waals surface area contributed by atoms with Crippen LogP contribution in [0.1, 0.15) is 15.9 Å². The van der Waals surface area contributed by atoms with Crippen molar-refractivity contribution in [1.29, 1.82) is 0 Å². The second kappa shape index (κ2) is 7.73. The molecule has 0 aliphatic heterocycles. The number of halogens is 1. The molecule has 8 heteroatoms. The minimum atomic E-state index is -0.520. The third-order valence-corrected chi connectivity index (χ3v) is 5.33. The van der Waals surface area contributed by atoms with Crippen LogP contribution in [-0.4, -0.2) is 24.5 Å². The fourth-order valence-corrected chi connectivity index (χ4v) is 3.74. The molecule has 158 valence electrons. The average Bonchev–Trinajstić information content (AvgIpc) is 3.14. The molecule has 0 unspecified atom stereocenters. The molecule has 0 bridgehead atoms. The second-order valence-corrected chi connectivity index (χ2v) is 7.40. The molecule has 0 saturated carbocycles. The Morgan fingerprint density at radius 2 is 1.56 bits per heavy atom. The molecule has 7 nitrogen and oxygen atoms in total. The van der Waals surface area contributed by atoms with Crippen LogP contribution in [0.25, 0.3) is 16.7 Å². The number of aromatic nitrogens is 4. The Kier molecular flexibility index (Phi) is 4.74. The summed E-state index contributed by atoms with van der Waals surface area (Å²) in [6.07, 6.45) is 0. The largest absolute Gasteiger partial charge is 0.352 e. The van der Waals surface area contributed by atoms with Gasteiger partial charge >= 0.3 is 5.69 Å². The summed E-state index contributed by atoms with van der Waals surface area (Å²) in [4.78, 5) is 39.1. The minimum Gasteiger partial charge on any atom is -0.292 e. The number of carbonyl (C=O) groups excluding carboxylic acids is 1. The predicted octanol–water partition coefficient (Wildman–Crippen LogP) is 2.88. The van der Waals surface area contributed by atoms with Gasteiger partial charge in [0.25, 0.3) is 5.56 Å². The van der Waals surface area contributed by atoms with Gasteiger partial charge in [-0.3, -0.25) is 14.2 Å². The van der Waals surface area contributed by atoms with E-state index in [0.717, 1.165) is 4.68 Å². The average molecular weight is 428 g/mol. The predicted molar refractivity (Wildman–Crippen MR) is 117 cm³/mol. The molecule has 0 radical (unpaired) electrons. The Hall–Kier alpha value is -4.33. The summed E-state index contributed by atoms with van der Waals surface area (Å²) in [7, 11) is 0. The number of fused-ring (bicyclic) bond motifs is 3. The van der Waals surface area contributed by atoms with E-state index < -0.39 is 5.69 Å². The van der Waals surface area contributed by atoms with Gasteiger partial charge in [-0.05, 0) is 29.8 Å². The molecule has 0 atom stereocenters. The highest BCUT2D eigenvalue weighted by molar-refractivity contribution is 5.95. The van der Waals surface area contributed by atoms with E-state index in [4.69, 9.17) is 0 Å². The van der Waals surface area contributed by atoms with Gasteiger partial charge in [0.05, 0.1) is 17.4 Å². The highest BCUT2D eigenvalue weighted by Crippen LogP contribution is 2.13. The number of benzene rings is 3. The Bertz CT molecular complexity index is 1580. The molecule has 0 aliphatic rings. The van der Waals surface area contributed by atoms with Gasteiger partial charge in [-0.2, -0.15) is 0 Å². The van der Waals surface area contributed by atoms with Crippen LogP contribution in [0.2, 0.25) is 0 Å². The van der Waals surface area contributed by atoms with Gasteiger partial charge in [-0.15, -0.1) is 5.10 Å². The maximum Gasteiger partial charge on any atom is 0.352 e. The fourth-order valence-electron chi connectivity index (χ4n) is 3.74. The quantitative estimate of drug-likeness (QED) is 0.403. The van der Waals surface area contributed by atoms with E-state index in [1.54, 1.807) is 66.7 Å². The van der Waals surface area contributed by atoms with E-state index in [2.05, 4.69) is 5.10 Å². The summed E-state index contributed by atoms with van der Waals surface area (Å²) in [6.45, 7) is -0.167. The monoisotopic (exact) mass is 428 g/mol. The number of hydrogen-bond donors (Lipinski definition) is 0. The third kappa shape index (κ3) is 3.31. The van der Waals surface area contributed by atoms with E-state index in [1.807, 2.05) is 0 Å². The van der Waals surface area contributed by atoms with Gasteiger partial charge in [0, 0.05) is 5.56 Å². The van der Waals surface area contributed by atoms with E-state index in [0.29, 0.717) is 22.0 Å². The van der Waals surface area contributed by atoms with Crippen molar-refractivity contribution in [2.45, 2.75) is 13.1 Å². The molecule has 2 heterocycles. The van der Waals surface area contributed by atoms with E-state index in [9.17, 15) is 18.8 Å². The van der Waals surface area contributed by atoms with E-state index in [1.165, 1.54) is 21.1 Å². The Morgan fingerprint density at radius 3 is 2.31 bits per heavy atom. The van der Waals surface area contributed by atoms with Crippen molar-refractivity contribution in [1.82, 2.24) is 18.7 Å². The number of Topliss-reactive ketones (excluding diaryl/α,β-unsaturated/α-hetero) is 1. The van der Waals surface area contributed by atoms with Crippen molar-refractivity contribution in [3.05, 3.63) is 117 Å². The Labute approximate surface area is 180 Å². The second-order valence-electron chi connectivity index (χ2n) is 7.40. The van der Waals surface area contributed by atoms with Gasteiger partial charge in [0.2, 0.25) is 5.78 Å². The molecule has 5 aromatic rings. The molecule has 32 heavy (non-hydrogen) atoms. The first-order valence-corrected chi connectivity index (χ1v) is 9.97. The highest BCUT2D eigenvalue weighted by Gasteiger charge is 2.19. The van der Waals surface area contributed by atoms with Gasteiger partial charge in [0.1, 0.15) is 12.4 Å². The molecule has 0 fully saturated rings. The number of carbonyl (C=O) groups is 1. The Morgan fingerprint density at radius 1 is 0.875 bits per heavy atom. The lowest BCUT2D eigenvalue weighted by atomic mass is 10.1. The zero-order valence-corrected chi connectivity index (χ0v) is 16.8. The Balaban J connectivity index is 1.70. The van der Waals surface area contributed by atoms with Crippen molar-refractivity contribution in [2.75, 3.05) is 0 Å². The molecule has 0 saturated heterocycles. The molecule has 0 amide bonds. The van der Waals surface area contributed by atoms with Crippen LogP contribution in [0.4, 0.5) is 4.39 Å². The summed E-state index contributed by atoms with van der Waals surface area (Å²) in [5, 5.41) is 4.68. The SMILES string of the molecule is O=C(Cn1nc2n(Cc3ccc(F)cc3)c(=O)c3ccccc3n2c1=O)c1ccccc1. The number of ketones is 1. The molecular formula is C24H17FN4O3. The van der Waals surface area contributed by atoms with Crippen LogP contribution < -0.4 is 11.2 Å². The third-order valence-electron chi connectivity index (χ3n) is 5.33. The fraction of sp³-hybridized carbons (Fsp3) is 0.0833. The summed E-state index contributed by atoms with van der Waals surface area (Å²) in [5.74, 6) is -0.540. The summed E-state index contributed by atoms with van der Waals surface area (Å²) >= 11 is 0. The maximum atomic E-state index is 13.3. The molecule has 2 aromatic heterocycles. The van der Waals surface area contributed by atoms with Crippen LogP contribution >= 0.6 is 0 Å². The van der Waals surface area contributed by atoms with Crippen molar-refractivity contribution in [3.63, 3.8) is 0 Å². The van der Waals surface area contributed by atoms with E-state index in [-0.39, 0.29) is 36.0 Å². The molecule has 5 rings (SSSR count). The van der Waals surface area contributed by atoms with Crippen molar-refractivity contribution in [2.24, 2.45) is 0 Å². The molecule has 3 aromatic carbocycles. The lowest BCUT2D eigenvalue weighted by Crippen LogP contribution is -2.27. The van der Waals surface area contributed by atoms with Crippen LogP contribution in [0, 0.1) is 5.82 Å². The molecule has 0 N–H and O–H groups in total. The highest BCUT2D eigenvalue weighted by atomic mass is 19.1. The van der Waals surface area contributed by atoms with E-state index >= 15 is 0 Å². The van der Waals surface area contributed by atoms with Crippen LogP contribution in [-0.2, 0) is 13.1 Å². The van der Waals surface area contributed by atoms with Crippen LogP contribution in [0.3, 0.4) is 0 Å². The lowest BCUT2D eigenvalue weighted by molar-refractivity contribution is 0.0966. The molecule has 0 spiro atoms. The summed E-state index contributed by atoms with van der Waals surface area (Å²) in [5.41, 5.74) is 0.696. The van der Waals surface area contributed by atoms with Crippen molar-refractivity contribution in [3.8, 4) is 0 Å². The standard InChI is InChI=1S/C24H17FN4O3/c25-18-12-10-16(11-13-18)14-27-22(31)19-8-4-5-9-20(19)29-23(27)26-28(24(29)32)15-21(30)17-6-2-1-3-7-17/h1-13H,14-15H2. The lowest BCUT2D eigenvalue weighted by Gasteiger charge is -2.09. The van der Waals surface area contributed by atoms with Gasteiger partial charge < -0.3 is 0 Å². The zero-order valence-electron chi connectivity index (χ0n) is 16.8. The first-order chi connectivity index (χ1) is 15.5.